The summed E-state index contributed by atoms with van der Waals surface area (Å²) in [7, 11) is 3.37. The Balaban J connectivity index is 1.69. The van der Waals surface area contributed by atoms with Gasteiger partial charge in [0.05, 0.1) is 14.2 Å². The van der Waals surface area contributed by atoms with Crippen molar-refractivity contribution < 1.29 is 14.6 Å². The van der Waals surface area contributed by atoms with Gasteiger partial charge in [-0.05, 0) is 100 Å². The summed E-state index contributed by atoms with van der Waals surface area (Å²) < 4.78 is 11.2. The van der Waals surface area contributed by atoms with Gasteiger partial charge in [0.1, 0.15) is 17.2 Å². The third-order valence-electron chi connectivity index (χ3n) is 9.10. The van der Waals surface area contributed by atoms with E-state index < -0.39 is 0 Å². The lowest BCUT2D eigenvalue weighted by atomic mass is 9.64. The Labute approximate surface area is 226 Å². The van der Waals surface area contributed by atoms with Gasteiger partial charge in [-0.15, -0.1) is 0 Å². The molecular weight excluding hydrogens is 468 g/mol. The number of hydrogen-bond donors (Lipinski definition) is 1. The molecule has 3 heteroatoms. The van der Waals surface area contributed by atoms with E-state index >= 15 is 0 Å². The van der Waals surface area contributed by atoms with Crippen LogP contribution in [0.25, 0.3) is 33.0 Å². The van der Waals surface area contributed by atoms with E-state index in [1.54, 1.807) is 14.2 Å². The van der Waals surface area contributed by atoms with Crippen LogP contribution in [-0.4, -0.2) is 19.3 Å². The molecule has 38 heavy (non-hydrogen) atoms. The Morgan fingerprint density at radius 3 is 1.97 bits per heavy atom. The minimum Gasteiger partial charge on any atom is -0.507 e. The van der Waals surface area contributed by atoms with E-state index in [-0.39, 0.29) is 16.2 Å². The molecule has 1 N–H and O–H groups in total. The van der Waals surface area contributed by atoms with Crippen molar-refractivity contribution >= 4 is 10.8 Å². The number of ether oxygens (including phenoxy) is 2. The molecule has 0 aromatic heterocycles. The highest BCUT2D eigenvalue weighted by atomic mass is 16.5. The molecule has 0 atom stereocenters. The van der Waals surface area contributed by atoms with Crippen LogP contribution in [0.2, 0.25) is 0 Å². The molecule has 1 saturated carbocycles. The fourth-order valence-electron chi connectivity index (χ4n) is 7.46. The number of methoxy groups -OCH3 is 2. The van der Waals surface area contributed by atoms with Crippen molar-refractivity contribution in [1.29, 1.82) is 0 Å². The Morgan fingerprint density at radius 2 is 1.34 bits per heavy atom. The van der Waals surface area contributed by atoms with Crippen LogP contribution in [0.3, 0.4) is 0 Å². The van der Waals surface area contributed by atoms with Crippen molar-refractivity contribution in [2.45, 2.75) is 58.8 Å². The average Bonchev–Trinajstić information content (AvgIpc) is 3.08. The zero-order valence-corrected chi connectivity index (χ0v) is 23.4. The van der Waals surface area contributed by atoms with E-state index in [0.29, 0.717) is 5.75 Å². The van der Waals surface area contributed by atoms with Crippen molar-refractivity contribution in [1.82, 2.24) is 0 Å². The molecule has 4 aromatic rings. The number of hydrogen-bond acceptors (Lipinski definition) is 3. The van der Waals surface area contributed by atoms with Gasteiger partial charge in [0, 0.05) is 16.4 Å². The van der Waals surface area contributed by atoms with Gasteiger partial charge in [0.2, 0.25) is 0 Å². The zero-order valence-electron chi connectivity index (χ0n) is 23.4. The minimum atomic E-state index is -0.138. The maximum Gasteiger partial charge on any atom is 0.127 e. The molecule has 0 bridgehead atoms. The molecule has 4 aromatic carbocycles. The largest absolute Gasteiger partial charge is 0.507 e. The second-order valence-electron chi connectivity index (χ2n) is 13.0. The maximum absolute atomic E-state index is 11.5. The summed E-state index contributed by atoms with van der Waals surface area (Å²) in [5.41, 5.74) is 7.56. The molecule has 2 aliphatic carbocycles. The highest BCUT2D eigenvalue weighted by Gasteiger charge is 2.51. The Bertz CT molecular complexity index is 1520. The van der Waals surface area contributed by atoms with Gasteiger partial charge in [0.15, 0.2) is 0 Å². The van der Waals surface area contributed by atoms with Crippen LogP contribution >= 0.6 is 0 Å². The second-order valence-corrected chi connectivity index (χ2v) is 13.0. The number of aromatic hydroxyl groups is 1. The summed E-state index contributed by atoms with van der Waals surface area (Å²) >= 11 is 0. The molecule has 1 spiro atoms. The first-order valence-corrected chi connectivity index (χ1v) is 13.7. The monoisotopic (exact) mass is 506 g/mol. The van der Waals surface area contributed by atoms with Crippen LogP contribution in [0.5, 0.6) is 17.2 Å². The van der Waals surface area contributed by atoms with Crippen molar-refractivity contribution in [3.8, 4) is 39.5 Å². The van der Waals surface area contributed by atoms with Gasteiger partial charge in [-0.2, -0.15) is 0 Å². The van der Waals surface area contributed by atoms with Crippen molar-refractivity contribution in [3.05, 3.63) is 77.9 Å². The predicted molar refractivity (Wildman–Crippen MR) is 156 cm³/mol. The van der Waals surface area contributed by atoms with Crippen LogP contribution in [0.4, 0.5) is 0 Å². The molecule has 6 rings (SSSR count). The molecule has 1 fully saturated rings. The van der Waals surface area contributed by atoms with Crippen LogP contribution in [0, 0.1) is 10.8 Å². The topological polar surface area (TPSA) is 38.7 Å². The van der Waals surface area contributed by atoms with Gasteiger partial charge in [-0.3, -0.25) is 0 Å². The molecule has 196 valence electrons. The summed E-state index contributed by atoms with van der Waals surface area (Å²) in [5, 5.41) is 13.4. The van der Waals surface area contributed by atoms with E-state index in [0.717, 1.165) is 46.2 Å². The van der Waals surface area contributed by atoms with Gasteiger partial charge in [-0.25, -0.2) is 0 Å². The van der Waals surface area contributed by atoms with Crippen molar-refractivity contribution in [2.24, 2.45) is 10.8 Å². The van der Waals surface area contributed by atoms with Crippen LogP contribution < -0.4 is 9.47 Å². The molecular formula is C35H38O3. The number of phenols is 1. The normalized spacial score (nSPS) is 18.6. The highest BCUT2D eigenvalue weighted by molar-refractivity contribution is 6.07. The first kappa shape index (κ1) is 24.9. The fraction of sp³-hybridized carbons (Fsp3) is 0.371. The van der Waals surface area contributed by atoms with E-state index in [1.807, 2.05) is 18.2 Å². The minimum absolute atomic E-state index is 0.138. The van der Waals surface area contributed by atoms with Crippen LogP contribution in [0.15, 0.2) is 66.7 Å². The molecule has 0 radical (unpaired) electrons. The Morgan fingerprint density at radius 1 is 0.684 bits per heavy atom. The van der Waals surface area contributed by atoms with Crippen LogP contribution in [0.1, 0.15) is 64.5 Å². The number of fused-ring (bicyclic) bond motifs is 7. The summed E-state index contributed by atoms with van der Waals surface area (Å²) in [5.74, 6) is 1.89. The summed E-state index contributed by atoms with van der Waals surface area (Å²) in [4.78, 5) is 0. The third-order valence-corrected chi connectivity index (χ3v) is 9.10. The molecule has 0 saturated heterocycles. The maximum atomic E-state index is 11.5. The molecule has 0 unspecified atom stereocenters. The fourth-order valence-corrected chi connectivity index (χ4v) is 7.46. The number of benzene rings is 4. The lowest BCUT2D eigenvalue weighted by Crippen LogP contribution is -2.33. The van der Waals surface area contributed by atoms with Crippen molar-refractivity contribution in [3.63, 3.8) is 0 Å². The Kier molecular flexibility index (Phi) is 5.58. The summed E-state index contributed by atoms with van der Waals surface area (Å²) in [6.45, 7) is 9.68. The van der Waals surface area contributed by atoms with E-state index in [4.69, 9.17) is 9.47 Å². The van der Waals surface area contributed by atoms with Gasteiger partial charge < -0.3 is 14.6 Å². The molecule has 2 aliphatic rings. The number of phenolic OH excluding ortho intramolecular Hbond substituents is 1. The third kappa shape index (κ3) is 3.78. The zero-order chi connectivity index (χ0) is 26.9. The molecule has 3 nitrogen and oxygen atoms in total. The van der Waals surface area contributed by atoms with Crippen molar-refractivity contribution in [2.75, 3.05) is 14.2 Å². The standard InChI is InChI=1S/C35H38O3/c1-33(2)15-16-34(3,4)21-35(20-33)28-10-8-7-9-24(28)32-27-17-25(22-11-13-23(37-5)14-12-22)31(38-6)18-26(27)30(36)19-29(32)35/h7-14,17-19,36H,15-16,20-21H2,1-6H3. The van der Waals surface area contributed by atoms with Gasteiger partial charge in [-0.1, -0.05) is 64.1 Å². The second kappa shape index (κ2) is 8.53. The molecule has 0 heterocycles. The lowest BCUT2D eigenvalue weighted by molar-refractivity contribution is 0.255. The molecule has 0 amide bonds. The number of rotatable bonds is 3. The summed E-state index contributed by atoms with van der Waals surface area (Å²) in [6.07, 6.45) is 4.55. The summed E-state index contributed by atoms with van der Waals surface area (Å²) in [6, 6.07) is 23.3. The lowest BCUT2D eigenvalue weighted by Gasteiger charge is -2.39. The average molecular weight is 507 g/mol. The van der Waals surface area contributed by atoms with E-state index in [1.165, 1.54) is 35.1 Å². The van der Waals surface area contributed by atoms with Gasteiger partial charge >= 0.3 is 0 Å². The van der Waals surface area contributed by atoms with E-state index in [9.17, 15) is 5.11 Å². The van der Waals surface area contributed by atoms with Crippen LogP contribution in [-0.2, 0) is 5.41 Å². The molecule has 0 aliphatic heterocycles. The predicted octanol–water partition coefficient (Wildman–Crippen LogP) is 9.12. The quantitative estimate of drug-likeness (QED) is 0.301. The smallest absolute Gasteiger partial charge is 0.127 e. The van der Waals surface area contributed by atoms with E-state index in [2.05, 4.69) is 76.2 Å². The Hall–Kier alpha value is -3.46. The first-order chi connectivity index (χ1) is 18.1. The SMILES string of the molecule is COc1ccc(-c2cc3c4c(cc(O)c3cc2OC)C2(CC(C)(C)CCC(C)(C)C2)c2ccccc2-4)cc1. The first-order valence-electron chi connectivity index (χ1n) is 13.7. The highest BCUT2D eigenvalue weighted by Crippen LogP contribution is 2.63. The van der Waals surface area contributed by atoms with Gasteiger partial charge in [0.25, 0.3) is 0 Å².